The van der Waals surface area contributed by atoms with Gasteiger partial charge in [0.1, 0.15) is 24.4 Å². The first-order chi connectivity index (χ1) is 26.2. The average molecular weight is 776 g/mol. The van der Waals surface area contributed by atoms with Gasteiger partial charge in [0, 0.05) is 45.9 Å². The summed E-state index contributed by atoms with van der Waals surface area (Å²) in [6.45, 7) is 6.56. The number of aliphatic hydroxyl groups is 5. The van der Waals surface area contributed by atoms with Crippen molar-refractivity contribution in [2.45, 2.75) is 198 Å². The molecule has 5 atom stereocenters. The first-order valence-electron chi connectivity index (χ1n) is 21.5. The van der Waals surface area contributed by atoms with Crippen LogP contribution in [0, 0.1) is 0 Å². The van der Waals surface area contributed by atoms with E-state index in [9.17, 15) is 34.8 Å². The number of unbranched alkanes of at least 4 members (excludes halogenated alkanes) is 18. The summed E-state index contributed by atoms with van der Waals surface area (Å²) in [5.41, 5.74) is 0. The van der Waals surface area contributed by atoms with E-state index in [0.29, 0.717) is 45.8 Å². The third-order valence-electron chi connectivity index (χ3n) is 9.65. The van der Waals surface area contributed by atoms with E-state index in [1.165, 1.54) is 103 Å². The van der Waals surface area contributed by atoms with Crippen LogP contribution in [-0.4, -0.2) is 120 Å². The molecule has 0 fully saturated rings. The van der Waals surface area contributed by atoms with Gasteiger partial charge in [-0.3, -0.25) is 14.4 Å². The molecule has 0 aliphatic rings. The maximum Gasteiger partial charge on any atom is 0.252 e. The fourth-order valence-electron chi connectivity index (χ4n) is 6.07. The van der Waals surface area contributed by atoms with Gasteiger partial charge < -0.3 is 51.0 Å². The SMILES string of the molecule is CCCCCCCCCCCCOCCCNC(=O)CCC(NC(=O)[C@H](O)[C@@H](O)[C@H](O)[C@H](O)CO)C(=O)NCCCOCCCCCCCCCCCC. The molecule has 0 saturated carbocycles. The molecule has 0 bridgehead atoms. The summed E-state index contributed by atoms with van der Waals surface area (Å²) in [6.07, 6.45) is 18.0. The van der Waals surface area contributed by atoms with Crippen LogP contribution in [-0.2, 0) is 23.9 Å². The lowest BCUT2D eigenvalue weighted by atomic mass is 10.0. The van der Waals surface area contributed by atoms with Gasteiger partial charge in [0.15, 0.2) is 6.10 Å². The number of hydrogen-bond donors (Lipinski definition) is 8. The lowest BCUT2D eigenvalue weighted by molar-refractivity contribution is -0.150. The number of carbonyl (C=O) groups is 3. The van der Waals surface area contributed by atoms with Crippen LogP contribution in [0.2, 0.25) is 0 Å². The van der Waals surface area contributed by atoms with Crippen molar-refractivity contribution >= 4 is 17.7 Å². The Bertz CT molecular complexity index is 884. The Labute approximate surface area is 327 Å². The van der Waals surface area contributed by atoms with Crippen LogP contribution in [0.15, 0.2) is 0 Å². The van der Waals surface area contributed by atoms with Crippen molar-refractivity contribution in [1.29, 1.82) is 0 Å². The Morgan fingerprint density at radius 1 is 0.519 bits per heavy atom. The Balaban J connectivity index is 4.47. The van der Waals surface area contributed by atoms with Gasteiger partial charge in [-0.15, -0.1) is 0 Å². The van der Waals surface area contributed by atoms with Crippen molar-refractivity contribution in [2.75, 3.05) is 46.1 Å². The minimum atomic E-state index is -2.20. The van der Waals surface area contributed by atoms with Gasteiger partial charge in [0.05, 0.1) is 6.61 Å². The Kier molecular flexibility index (Phi) is 36.7. The third-order valence-corrected chi connectivity index (χ3v) is 9.65. The first kappa shape index (κ1) is 52.1. The molecule has 8 N–H and O–H groups in total. The second kappa shape index (κ2) is 38.0. The van der Waals surface area contributed by atoms with E-state index in [2.05, 4.69) is 29.8 Å². The molecular weight excluding hydrogens is 694 g/mol. The summed E-state index contributed by atoms with van der Waals surface area (Å²) in [4.78, 5) is 38.3. The number of hydrogen-bond acceptors (Lipinski definition) is 10. The van der Waals surface area contributed by atoms with E-state index >= 15 is 0 Å². The Morgan fingerprint density at radius 2 is 0.926 bits per heavy atom. The molecule has 0 spiro atoms. The fourth-order valence-corrected chi connectivity index (χ4v) is 6.07. The molecule has 0 saturated heterocycles. The molecule has 0 aromatic rings. The number of aliphatic hydroxyl groups excluding tert-OH is 5. The molecule has 0 aromatic heterocycles. The molecule has 1 unspecified atom stereocenters. The largest absolute Gasteiger partial charge is 0.394 e. The maximum absolute atomic E-state index is 13.0. The van der Waals surface area contributed by atoms with Gasteiger partial charge >= 0.3 is 0 Å². The van der Waals surface area contributed by atoms with Gasteiger partial charge in [0.25, 0.3) is 5.91 Å². The molecule has 13 nitrogen and oxygen atoms in total. The zero-order valence-corrected chi connectivity index (χ0v) is 34.1. The molecule has 0 aromatic carbocycles. The predicted molar refractivity (Wildman–Crippen MR) is 213 cm³/mol. The topological polar surface area (TPSA) is 207 Å². The Hall–Kier alpha value is -1.87. The van der Waals surface area contributed by atoms with Crippen molar-refractivity contribution in [2.24, 2.45) is 0 Å². The molecule has 0 rings (SSSR count). The van der Waals surface area contributed by atoms with Crippen LogP contribution in [0.1, 0.15) is 168 Å². The summed E-state index contributed by atoms with van der Waals surface area (Å²) < 4.78 is 11.4. The van der Waals surface area contributed by atoms with Crippen LogP contribution in [0.4, 0.5) is 0 Å². The second-order valence-electron chi connectivity index (χ2n) is 14.7. The van der Waals surface area contributed by atoms with Gasteiger partial charge in [-0.2, -0.15) is 0 Å². The maximum atomic E-state index is 13.0. The van der Waals surface area contributed by atoms with E-state index < -0.39 is 48.9 Å². The molecule has 54 heavy (non-hydrogen) atoms. The third kappa shape index (κ3) is 30.4. The molecule has 3 amide bonds. The molecule has 0 radical (unpaired) electrons. The first-order valence-corrected chi connectivity index (χ1v) is 21.5. The van der Waals surface area contributed by atoms with Crippen molar-refractivity contribution in [3.05, 3.63) is 0 Å². The lowest BCUT2D eigenvalue weighted by Gasteiger charge is -2.26. The van der Waals surface area contributed by atoms with Crippen LogP contribution >= 0.6 is 0 Å². The van der Waals surface area contributed by atoms with E-state index in [4.69, 9.17) is 14.6 Å². The van der Waals surface area contributed by atoms with Gasteiger partial charge in [-0.25, -0.2) is 0 Å². The summed E-state index contributed by atoms with van der Waals surface area (Å²) in [5, 5.41) is 56.8. The highest BCUT2D eigenvalue weighted by Gasteiger charge is 2.35. The van der Waals surface area contributed by atoms with Crippen molar-refractivity contribution in [1.82, 2.24) is 16.0 Å². The number of rotatable bonds is 40. The molecule has 0 heterocycles. The summed E-state index contributed by atoms with van der Waals surface area (Å²) in [7, 11) is 0. The number of amides is 3. The zero-order chi connectivity index (χ0) is 40.1. The molecular formula is C41H81N3O10. The normalized spacial score (nSPS) is 14.3. The number of carbonyl (C=O) groups excluding carboxylic acids is 3. The van der Waals surface area contributed by atoms with E-state index in [0.717, 1.165) is 25.7 Å². The van der Waals surface area contributed by atoms with Gasteiger partial charge in [0.2, 0.25) is 11.8 Å². The van der Waals surface area contributed by atoms with Crippen LogP contribution in [0.5, 0.6) is 0 Å². The van der Waals surface area contributed by atoms with E-state index in [1.54, 1.807) is 0 Å². The minimum absolute atomic E-state index is 0.0848. The highest BCUT2D eigenvalue weighted by molar-refractivity contribution is 5.90. The smallest absolute Gasteiger partial charge is 0.252 e. The van der Waals surface area contributed by atoms with Gasteiger partial charge in [-0.05, 0) is 32.1 Å². The quantitative estimate of drug-likeness (QED) is 0.0407. The highest BCUT2D eigenvalue weighted by Crippen LogP contribution is 2.12. The number of nitrogens with one attached hydrogen (secondary N) is 3. The predicted octanol–water partition coefficient (Wildman–Crippen LogP) is 4.57. The van der Waals surface area contributed by atoms with E-state index in [1.807, 2.05) is 0 Å². The fraction of sp³-hybridized carbons (Fsp3) is 0.927. The van der Waals surface area contributed by atoms with Gasteiger partial charge in [-0.1, -0.05) is 129 Å². The standard InChI is InChI=1S/C41H81N3O10/c1-3-5-7-9-11-13-15-17-19-21-29-53-31-23-27-42-36(47)26-25-34(44-41(52)39(50)38(49)37(48)35(46)33-45)40(51)43-28-24-32-54-30-22-20-18-16-14-12-10-8-6-4-2/h34-35,37-39,45-46,48-50H,3-33H2,1-2H3,(H,42,47)(H,43,51)(H,44,52)/t34?,35-,37-,38+,39-/m1/s1. The highest BCUT2D eigenvalue weighted by atomic mass is 16.5. The zero-order valence-electron chi connectivity index (χ0n) is 34.1. The minimum Gasteiger partial charge on any atom is -0.394 e. The van der Waals surface area contributed by atoms with Crippen LogP contribution in [0.3, 0.4) is 0 Å². The van der Waals surface area contributed by atoms with Crippen molar-refractivity contribution < 1.29 is 49.4 Å². The lowest BCUT2D eigenvalue weighted by Crippen LogP contribution is -2.55. The van der Waals surface area contributed by atoms with Crippen LogP contribution < -0.4 is 16.0 Å². The molecule has 320 valence electrons. The summed E-state index contributed by atoms with van der Waals surface area (Å²) in [5.74, 6) is -2.07. The molecule has 0 aliphatic heterocycles. The molecule has 13 heteroatoms. The monoisotopic (exact) mass is 776 g/mol. The van der Waals surface area contributed by atoms with E-state index in [-0.39, 0.29) is 25.3 Å². The second-order valence-corrected chi connectivity index (χ2v) is 14.7. The van der Waals surface area contributed by atoms with Crippen LogP contribution in [0.25, 0.3) is 0 Å². The summed E-state index contributed by atoms with van der Waals surface area (Å²) in [6, 6.07) is -1.22. The molecule has 0 aliphatic carbocycles. The number of ether oxygens (including phenoxy) is 2. The van der Waals surface area contributed by atoms with Crippen molar-refractivity contribution in [3.63, 3.8) is 0 Å². The summed E-state index contributed by atoms with van der Waals surface area (Å²) >= 11 is 0. The Morgan fingerprint density at radius 3 is 1.37 bits per heavy atom. The van der Waals surface area contributed by atoms with Crippen molar-refractivity contribution in [3.8, 4) is 0 Å². The average Bonchev–Trinajstić information content (AvgIpc) is 3.17.